The minimum Gasteiger partial charge on any atom is -0.396 e. The fourth-order valence-corrected chi connectivity index (χ4v) is 1.45. The summed E-state index contributed by atoms with van der Waals surface area (Å²) in [6.07, 6.45) is 1.29. The summed E-state index contributed by atoms with van der Waals surface area (Å²) in [7, 11) is 1.57. The van der Waals surface area contributed by atoms with Crippen LogP contribution in [0.25, 0.3) is 0 Å². The Morgan fingerprint density at radius 2 is 2.22 bits per heavy atom. The van der Waals surface area contributed by atoms with E-state index in [-0.39, 0.29) is 29.9 Å². The molecule has 7 heteroatoms. The van der Waals surface area contributed by atoms with Crippen molar-refractivity contribution >= 4 is 11.6 Å². The van der Waals surface area contributed by atoms with Gasteiger partial charge in [-0.15, -0.1) is 0 Å². The average Bonchev–Trinajstić information content (AvgIpc) is 2.70. The molecule has 100 valence electrons. The van der Waals surface area contributed by atoms with Crippen molar-refractivity contribution in [3.63, 3.8) is 0 Å². The molecule has 0 spiro atoms. The SMILES string of the molecule is CC(CO)C(C)NC(=O)c1cc([N+](=O)[O-])cn1C. The third-order valence-corrected chi connectivity index (χ3v) is 2.93. The summed E-state index contributed by atoms with van der Waals surface area (Å²) >= 11 is 0. The molecule has 1 amide bonds. The molecule has 0 saturated heterocycles. The number of hydrogen-bond donors (Lipinski definition) is 2. The van der Waals surface area contributed by atoms with Gasteiger partial charge in [0.05, 0.1) is 11.1 Å². The van der Waals surface area contributed by atoms with Crippen LogP contribution in [0.15, 0.2) is 12.3 Å². The van der Waals surface area contributed by atoms with E-state index >= 15 is 0 Å². The molecule has 18 heavy (non-hydrogen) atoms. The number of aryl methyl sites for hydroxylation is 1. The first-order valence-electron chi connectivity index (χ1n) is 5.59. The molecule has 0 aliphatic carbocycles. The van der Waals surface area contributed by atoms with Gasteiger partial charge in [-0.25, -0.2) is 0 Å². The van der Waals surface area contributed by atoms with Gasteiger partial charge in [0.15, 0.2) is 0 Å². The summed E-state index contributed by atoms with van der Waals surface area (Å²) in [5.41, 5.74) is 0.101. The molecule has 7 nitrogen and oxygen atoms in total. The molecule has 0 fully saturated rings. The zero-order valence-corrected chi connectivity index (χ0v) is 10.6. The zero-order chi connectivity index (χ0) is 13.9. The van der Waals surface area contributed by atoms with Crippen LogP contribution >= 0.6 is 0 Å². The maximum atomic E-state index is 11.9. The number of carbonyl (C=O) groups excluding carboxylic acids is 1. The third kappa shape index (κ3) is 3.07. The van der Waals surface area contributed by atoms with Crippen molar-refractivity contribution in [3.8, 4) is 0 Å². The Hall–Kier alpha value is -1.89. The van der Waals surface area contributed by atoms with Crippen molar-refractivity contribution in [2.45, 2.75) is 19.9 Å². The lowest BCUT2D eigenvalue weighted by atomic mass is 10.1. The highest BCUT2D eigenvalue weighted by Gasteiger charge is 2.20. The van der Waals surface area contributed by atoms with E-state index in [4.69, 9.17) is 5.11 Å². The molecule has 2 atom stereocenters. The normalized spacial score (nSPS) is 14.0. The number of aliphatic hydroxyl groups is 1. The van der Waals surface area contributed by atoms with E-state index in [0.29, 0.717) is 0 Å². The fourth-order valence-electron chi connectivity index (χ4n) is 1.45. The number of nitrogens with one attached hydrogen (secondary N) is 1. The van der Waals surface area contributed by atoms with E-state index in [1.165, 1.54) is 16.8 Å². The van der Waals surface area contributed by atoms with Crippen molar-refractivity contribution in [2.24, 2.45) is 13.0 Å². The number of aromatic nitrogens is 1. The van der Waals surface area contributed by atoms with Gasteiger partial charge in [-0.2, -0.15) is 0 Å². The Balaban J connectivity index is 2.81. The van der Waals surface area contributed by atoms with E-state index in [1.54, 1.807) is 20.9 Å². The van der Waals surface area contributed by atoms with Gasteiger partial charge in [0.1, 0.15) is 5.69 Å². The number of amides is 1. The van der Waals surface area contributed by atoms with Crippen LogP contribution in [0.2, 0.25) is 0 Å². The molecule has 1 heterocycles. The summed E-state index contributed by atoms with van der Waals surface area (Å²) in [6.45, 7) is 3.54. The molecule has 1 aromatic rings. The number of hydrogen-bond acceptors (Lipinski definition) is 4. The molecule has 1 rings (SSSR count). The molecular formula is C11H17N3O4. The molecule has 1 aromatic heterocycles. The zero-order valence-electron chi connectivity index (χ0n) is 10.6. The van der Waals surface area contributed by atoms with Crippen LogP contribution in [-0.2, 0) is 7.05 Å². The second-order valence-corrected chi connectivity index (χ2v) is 4.37. The first kappa shape index (κ1) is 14.2. The summed E-state index contributed by atoms with van der Waals surface area (Å²) in [5, 5.41) is 22.3. The van der Waals surface area contributed by atoms with Gasteiger partial charge in [-0.05, 0) is 12.8 Å². The highest BCUT2D eigenvalue weighted by Crippen LogP contribution is 2.15. The van der Waals surface area contributed by atoms with Gasteiger partial charge in [0, 0.05) is 25.8 Å². The Morgan fingerprint density at radius 3 is 2.67 bits per heavy atom. The quantitative estimate of drug-likeness (QED) is 0.597. The maximum absolute atomic E-state index is 11.9. The summed E-state index contributed by atoms with van der Waals surface area (Å²) in [6, 6.07) is 1.02. The van der Waals surface area contributed by atoms with E-state index in [2.05, 4.69) is 5.32 Å². The molecule has 0 radical (unpaired) electrons. The number of nitrogens with zero attached hydrogens (tertiary/aromatic N) is 2. The van der Waals surface area contributed by atoms with Crippen LogP contribution in [0, 0.1) is 16.0 Å². The number of aliphatic hydroxyl groups excluding tert-OH is 1. The lowest BCUT2D eigenvalue weighted by Crippen LogP contribution is -2.39. The largest absolute Gasteiger partial charge is 0.396 e. The molecule has 2 unspecified atom stereocenters. The van der Waals surface area contributed by atoms with Crippen molar-refractivity contribution in [1.82, 2.24) is 9.88 Å². The minimum atomic E-state index is -0.545. The second kappa shape index (κ2) is 5.63. The molecule has 0 saturated carbocycles. The molecule has 2 N–H and O–H groups in total. The molecule has 0 aliphatic heterocycles. The van der Waals surface area contributed by atoms with E-state index in [1.807, 2.05) is 0 Å². The lowest BCUT2D eigenvalue weighted by Gasteiger charge is -2.19. The smallest absolute Gasteiger partial charge is 0.287 e. The Kier molecular flexibility index (Phi) is 4.43. The van der Waals surface area contributed by atoms with Crippen LogP contribution in [0.3, 0.4) is 0 Å². The summed E-state index contributed by atoms with van der Waals surface area (Å²) < 4.78 is 1.41. The minimum absolute atomic E-state index is 0.0330. The summed E-state index contributed by atoms with van der Waals surface area (Å²) in [5.74, 6) is -0.470. The molecule has 0 aliphatic rings. The summed E-state index contributed by atoms with van der Waals surface area (Å²) in [4.78, 5) is 21.9. The highest BCUT2D eigenvalue weighted by atomic mass is 16.6. The number of carbonyl (C=O) groups is 1. The first-order chi connectivity index (χ1) is 8.36. The van der Waals surface area contributed by atoms with Gasteiger partial charge in [-0.3, -0.25) is 14.9 Å². The van der Waals surface area contributed by atoms with Gasteiger partial charge >= 0.3 is 0 Å². The first-order valence-corrected chi connectivity index (χ1v) is 5.59. The van der Waals surface area contributed by atoms with E-state index < -0.39 is 10.8 Å². The monoisotopic (exact) mass is 255 g/mol. The Bertz CT molecular complexity index is 455. The van der Waals surface area contributed by atoms with Gasteiger partial charge in [0.2, 0.25) is 0 Å². The standard InChI is InChI=1S/C11H17N3O4/c1-7(6-15)8(2)12-11(16)10-4-9(14(17)18)5-13(10)3/h4-5,7-8,15H,6H2,1-3H3,(H,12,16). The third-order valence-electron chi connectivity index (χ3n) is 2.93. The fraction of sp³-hybridized carbons (Fsp3) is 0.545. The molecule has 0 aromatic carbocycles. The topological polar surface area (TPSA) is 97.4 Å². The van der Waals surface area contributed by atoms with Gasteiger partial charge in [0.25, 0.3) is 11.6 Å². The average molecular weight is 255 g/mol. The van der Waals surface area contributed by atoms with Crippen molar-refractivity contribution < 1.29 is 14.8 Å². The Labute approximate surface area is 105 Å². The van der Waals surface area contributed by atoms with Crippen LogP contribution < -0.4 is 5.32 Å². The second-order valence-electron chi connectivity index (χ2n) is 4.37. The van der Waals surface area contributed by atoms with Gasteiger partial charge < -0.3 is 15.0 Å². The maximum Gasteiger partial charge on any atom is 0.287 e. The van der Waals surface area contributed by atoms with Crippen LogP contribution in [0.5, 0.6) is 0 Å². The van der Waals surface area contributed by atoms with Crippen LogP contribution in [0.1, 0.15) is 24.3 Å². The lowest BCUT2D eigenvalue weighted by molar-refractivity contribution is -0.384. The van der Waals surface area contributed by atoms with Crippen molar-refractivity contribution in [3.05, 3.63) is 28.1 Å². The predicted molar refractivity (Wildman–Crippen MR) is 65.2 cm³/mol. The molecule has 0 bridgehead atoms. The van der Waals surface area contributed by atoms with E-state index in [9.17, 15) is 14.9 Å². The Morgan fingerprint density at radius 1 is 1.61 bits per heavy atom. The van der Waals surface area contributed by atoms with Crippen LogP contribution in [0.4, 0.5) is 5.69 Å². The van der Waals surface area contributed by atoms with Crippen LogP contribution in [-0.4, -0.2) is 33.2 Å². The van der Waals surface area contributed by atoms with Gasteiger partial charge in [-0.1, -0.05) is 6.92 Å². The number of nitro groups is 1. The predicted octanol–water partition coefficient (Wildman–Crippen LogP) is 0.680. The highest BCUT2D eigenvalue weighted by molar-refractivity contribution is 5.93. The van der Waals surface area contributed by atoms with Crippen molar-refractivity contribution in [2.75, 3.05) is 6.61 Å². The molecular weight excluding hydrogens is 238 g/mol. The van der Waals surface area contributed by atoms with Crippen molar-refractivity contribution in [1.29, 1.82) is 0 Å². The number of rotatable bonds is 5. The van der Waals surface area contributed by atoms with E-state index in [0.717, 1.165) is 0 Å².